The van der Waals surface area contributed by atoms with Crippen molar-refractivity contribution in [2.45, 2.75) is 12.8 Å². The fourth-order valence-electron chi connectivity index (χ4n) is 2.35. The molecule has 2 aromatic carbocycles. The van der Waals surface area contributed by atoms with Gasteiger partial charge >= 0.3 is 0 Å². The van der Waals surface area contributed by atoms with E-state index in [1.807, 2.05) is 6.07 Å². The second-order valence-electron chi connectivity index (χ2n) is 4.99. The third-order valence-electron chi connectivity index (χ3n) is 3.43. The maximum atomic E-state index is 13.5. The van der Waals surface area contributed by atoms with E-state index >= 15 is 0 Å². The molecule has 3 nitrogen and oxygen atoms in total. The Kier molecular flexibility index (Phi) is 3.75. The van der Waals surface area contributed by atoms with Crippen LogP contribution in [0.25, 0.3) is 0 Å². The molecule has 1 amide bonds. The molecular formula is C16H12F3NO2. The standard InChI is InChI=1S/C16H12F3NO2/c17-11-2-3-12(16(19)15(11)18)20-14(21)8-9-1-4-13-10(7-9)5-6-22-13/h1-4,7H,5-6,8H2,(H,20,21). The van der Waals surface area contributed by atoms with Crippen molar-refractivity contribution in [2.24, 2.45) is 0 Å². The van der Waals surface area contributed by atoms with E-state index in [1.165, 1.54) is 0 Å². The van der Waals surface area contributed by atoms with Crippen LogP contribution >= 0.6 is 0 Å². The first-order chi connectivity index (χ1) is 10.5. The van der Waals surface area contributed by atoms with E-state index in [0.717, 1.165) is 35.4 Å². The molecule has 0 bridgehead atoms. The second kappa shape index (κ2) is 5.71. The Labute approximate surface area is 124 Å². The monoisotopic (exact) mass is 307 g/mol. The second-order valence-corrected chi connectivity index (χ2v) is 4.99. The van der Waals surface area contributed by atoms with Crippen LogP contribution in [-0.4, -0.2) is 12.5 Å². The van der Waals surface area contributed by atoms with Crippen molar-refractivity contribution in [2.75, 3.05) is 11.9 Å². The summed E-state index contributed by atoms with van der Waals surface area (Å²) in [6, 6.07) is 7.13. The Hall–Kier alpha value is -2.50. The molecule has 1 aliphatic rings. The molecule has 22 heavy (non-hydrogen) atoms. The summed E-state index contributed by atoms with van der Waals surface area (Å²) in [6.45, 7) is 0.616. The number of anilines is 1. The number of amides is 1. The summed E-state index contributed by atoms with van der Waals surface area (Å²) in [6.07, 6.45) is 0.786. The minimum absolute atomic E-state index is 0.00567. The number of halogens is 3. The van der Waals surface area contributed by atoms with E-state index in [1.54, 1.807) is 12.1 Å². The zero-order valence-corrected chi connectivity index (χ0v) is 11.5. The molecule has 2 aromatic rings. The molecule has 0 spiro atoms. The van der Waals surface area contributed by atoms with Gasteiger partial charge in [0.15, 0.2) is 17.5 Å². The predicted octanol–water partition coefficient (Wildman–Crippen LogP) is 3.22. The van der Waals surface area contributed by atoms with E-state index in [4.69, 9.17) is 4.74 Å². The van der Waals surface area contributed by atoms with Gasteiger partial charge in [0.05, 0.1) is 18.7 Å². The molecule has 0 radical (unpaired) electrons. The summed E-state index contributed by atoms with van der Waals surface area (Å²) >= 11 is 0. The van der Waals surface area contributed by atoms with E-state index in [9.17, 15) is 18.0 Å². The smallest absolute Gasteiger partial charge is 0.228 e. The van der Waals surface area contributed by atoms with Gasteiger partial charge in [0.25, 0.3) is 0 Å². The highest BCUT2D eigenvalue weighted by Gasteiger charge is 2.16. The van der Waals surface area contributed by atoms with Crippen LogP contribution < -0.4 is 10.1 Å². The van der Waals surface area contributed by atoms with Crippen LogP contribution in [0.4, 0.5) is 18.9 Å². The molecule has 3 rings (SSSR count). The van der Waals surface area contributed by atoms with Gasteiger partial charge in [0, 0.05) is 6.42 Å². The molecule has 1 aliphatic heterocycles. The number of nitrogens with one attached hydrogen (secondary N) is 1. The molecule has 0 aliphatic carbocycles. The molecule has 114 valence electrons. The van der Waals surface area contributed by atoms with E-state index in [0.29, 0.717) is 6.61 Å². The number of fused-ring (bicyclic) bond motifs is 1. The highest BCUT2D eigenvalue weighted by molar-refractivity contribution is 5.92. The van der Waals surface area contributed by atoms with Crippen LogP contribution in [0.5, 0.6) is 5.75 Å². The highest BCUT2D eigenvalue weighted by atomic mass is 19.2. The summed E-state index contributed by atoms with van der Waals surface area (Å²) in [4.78, 5) is 11.9. The van der Waals surface area contributed by atoms with Gasteiger partial charge in [-0.05, 0) is 29.3 Å². The molecule has 1 N–H and O–H groups in total. The lowest BCUT2D eigenvalue weighted by molar-refractivity contribution is -0.115. The quantitative estimate of drug-likeness (QED) is 0.884. The molecular weight excluding hydrogens is 295 g/mol. The third-order valence-corrected chi connectivity index (χ3v) is 3.43. The van der Waals surface area contributed by atoms with Gasteiger partial charge in [-0.3, -0.25) is 4.79 Å². The van der Waals surface area contributed by atoms with Crippen molar-refractivity contribution < 1.29 is 22.7 Å². The summed E-state index contributed by atoms with van der Waals surface area (Å²) in [5.74, 6) is -4.02. The Bertz CT molecular complexity index is 746. The Morgan fingerprint density at radius 3 is 2.77 bits per heavy atom. The van der Waals surface area contributed by atoms with Gasteiger partial charge in [-0.15, -0.1) is 0 Å². The molecule has 1 heterocycles. The van der Waals surface area contributed by atoms with Gasteiger partial charge in [0.1, 0.15) is 5.75 Å². The number of rotatable bonds is 3. The van der Waals surface area contributed by atoms with Crippen molar-refractivity contribution in [1.29, 1.82) is 0 Å². The minimum Gasteiger partial charge on any atom is -0.493 e. The first-order valence-corrected chi connectivity index (χ1v) is 6.72. The molecule has 6 heteroatoms. The van der Waals surface area contributed by atoms with Gasteiger partial charge in [-0.25, -0.2) is 13.2 Å². The Morgan fingerprint density at radius 1 is 1.14 bits per heavy atom. The molecule has 0 unspecified atom stereocenters. The lowest BCUT2D eigenvalue weighted by Crippen LogP contribution is -2.16. The number of ether oxygens (including phenoxy) is 1. The van der Waals surface area contributed by atoms with Crippen LogP contribution in [0, 0.1) is 17.5 Å². The van der Waals surface area contributed by atoms with Crippen LogP contribution in [0.2, 0.25) is 0 Å². The normalized spacial score (nSPS) is 12.7. The Balaban J connectivity index is 1.72. The summed E-state index contributed by atoms with van der Waals surface area (Å²) in [5, 5.41) is 2.24. The predicted molar refractivity (Wildman–Crippen MR) is 74.3 cm³/mol. The van der Waals surface area contributed by atoms with Crippen molar-refractivity contribution in [3.8, 4) is 5.75 Å². The summed E-state index contributed by atoms with van der Waals surface area (Å²) in [5.41, 5.74) is 1.38. The Morgan fingerprint density at radius 2 is 1.95 bits per heavy atom. The topological polar surface area (TPSA) is 38.3 Å². The fraction of sp³-hybridized carbons (Fsp3) is 0.188. The highest BCUT2D eigenvalue weighted by Crippen LogP contribution is 2.26. The number of hydrogen-bond donors (Lipinski definition) is 1. The number of carbonyl (C=O) groups is 1. The summed E-state index contributed by atoms with van der Waals surface area (Å²) < 4.78 is 44.8. The van der Waals surface area contributed by atoms with Gasteiger partial charge in [-0.2, -0.15) is 0 Å². The van der Waals surface area contributed by atoms with Crippen LogP contribution in [-0.2, 0) is 17.6 Å². The van der Waals surface area contributed by atoms with E-state index in [2.05, 4.69) is 5.32 Å². The third kappa shape index (κ3) is 2.77. The lowest BCUT2D eigenvalue weighted by atomic mass is 10.1. The lowest BCUT2D eigenvalue weighted by Gasteiger charge is -2.08. The zero-order valence-electron chi connectivity index (χ0n) is 11.5. The molecule has 0 atom stereocenters. The molecule has 0 saturated carbocycles. The van der Waals surface area contributed by atoms with Crippen LogP contribution in [0.1, 0.15) is 11.1 Å². The zero-order chi connectivity index (χ0) is 15.7. The van der Waals surface area contributed by atoms with E-state index in [-0.39, 0.29) is 12.1 Å². The first kappa shape index (κ1) is 14.4. The maximum absolute atomic E-state index is 13.5. The molecule has 0 aromatic heterocycles. The van der Waals surface area contributed by atoms with Gasteiger partial charge in [0.2, 0.25) is 5.91 Å². The van der Waals surface area contributed by atoms with Crippen LogP contribution in [0.15, 0.2) is 30.3 Å². The van der Waals surface area contributed by atoms with Crippen molar-refractivity contribution >= 4 is 11.6 Å². The average molecular weight is 307 g/mol. The van der Waals surface area contributed by atoms with Gasteiger partial charge in [-0.1, -0.05) is 12.1 Å². The van der Waals surface area contributed by atoms with Crippen LogP contribution in [0.3, 0.4) is 0 Å². The van der Waals surface area contributed by atoms with E-state index < -0.39 is 23.4 Å². The SMILES string of the molecule is O=C(Cc1ccc2c(c1)CCO2)Nc1ccc(F)c(F)c1F. The van der Waals surface area contributed by atoms with Crippen molar-refractivity contribution in [1.82, 2.24) is 0 Å². The first-order valence-electron chi connectivity index (χ1n) is 6.72. The largest absolute Gasteiger partial charge is 0.493 e. The maximum Gasteiger partial charge on any atom is 0.228 e. The molecule has 0 saturated heterocycles. The fourth-order valence-corrected chi connectivity index (χ4v) is 2.35. The minimum atomic E-state index is -1.60. The number of benzene rings is 2. The van der Waals surface area contributed by atoms with Gasteiger partial charge < -0.3 is 10.1 Å². The number of carbonyl (C=O) groups excluding carboxylic acids is 1. The summed E-state index contributed by atoms with van der Waals surface area (Å²) in [7, 11) is 0. The van der Waals surface area contributed by atoms with Crippen molar-refractivity contribution in [3.05, 3.63) is 58.9 Å². The number of hydrogen-bond acceptors (Lipinski definition) is 2. The average Bonchev–Trinajstić information content (AvgIpc) is 2.95. The molecule has 0 fully saturated rings. The van der Waals surface area contributed by atoms with Crippen molar-refractivity contribution in [3.63, 3.8) is 0 Å².